The maximum Gasteiger partial charge on any atom is 0.258 e. The first-order valence-electron chi connectivity index (χ1n) is 10.4. The minimum atomic E-state index is -0.347. The Labute approximate surface area is 202 Å². The molecule has 0 aliphatic heterocycles. The van der Waals surface area contributed by atoms with E-state index in [1.807, 2.05) is 39.8 Å². The second kappa shape index (κ2) is 10.7. The molecule has 1 aromatic carbocycles. The normalized spacial score (nSPS) is 11.2. The van der Waals surface area contributed by atoms with E-state index in [2.05, 4.69) is 25.9 Å². The largest absolute Gasteiger partial charge is 0.490 e. The third kappa shape index (κ3) is 6.69. The Morgan fingerprint density at radius 3 is 2.58 bits per heavy atom. The van der Waals surface area contributed by atoms with Crippen LogP contribution in [0.4, 0.5) is 0 Å². The summed E-state index contributed by atoms with van der Waals surface area (Å²) < 4.78 is 13.5. The Balaban J connectivity index is 1.77. The molecule has 3 aromatic rings. The highest BCUT2D eigenvalue weighted by Gasteiger charge is 2.17. The third-order valence-electron chi connectivity index (χ3n) is 4.32. The first-order chi connectivity index (χ1) is 15.7. The van der Waals surface area contributed by atoms with Gasteiger partial charge in [0.1, 0.15) is 0 Å². The highest BCUT2D eigenvalue weighted by atomic mass is 35.5. The molecule has 0 unspecified atom stereocenters. The van der Waals surface area contributed by atoms with E-state index < -0.39 is 0 Å². The lowest BCUT2D eigenvalue weighted by Crippen LogP contribution is -2.43. The van der Waals surface area contributed by atoms with Gasteiger partial charge in [0, 0.05) is 34.6 Å². The lowest BCUT2D eigenvalue weighted by atomic mass is 10.1. The molecule has 11 heteroatoms. The molecule has 0 radical (unpaired) electrons. The molecule has 2 heterocycles. The maximum absolute atomic E-state index is 12.1. The summed E-state index contributed by atoms with van der Waals surface area (Å²) in [4.78, 5) is 16.2. The lowest BCUT2D eigenvalue weighted by Gasteiger charge is -2.21. The number of carbonyl (C=O) groups excluding carboxylic acids is 1. The molecule has 2 aromatic heterocycles. The average Bonchev–Trinajstić information content (AvgIpc) is 3.12. The number of nitrogens with zero attached hydrogens (tertiary/aromatic N) is 3. The van der Waals surface area contributed by atoms with Crippen molar-refractivity contribution in [1.82, 2.24) is 25.2 Å². The van der Waals surface area contributed by atoms with Gasteiger partial charge in [-0.2, -0.15) is 5.10 Å². The molecule has 0 aliphatic carbocycles. The fraction of sp³-hybridized carbons (Fsp3) is 0.364. The number of nitrogens with one attached hydrogen (secondary N) is 3. The van der Waals surface area contributed by atoms with Gasteiger partial charge in [-0.15, -0.1) is 0 Å². The van der Waals surface area contributed by atoms with Gasteiger partial charge in [-0.05, 0) is 63.7 Å². The predicted octanol–water partition coefficient (Wildman–Crippen LogP) is 4.09. The lowest BCUT2D eigenvalue weighted by molar-refractivity contribution is -0.124. The minimum absolute atomic E-state index is 0.148. The zero-order valence-electron chi connectivity index (χ0n) is 18.9. The molecule has 3 rings (SSSR count). The van der Waals surface area contributed by atoms with E-state index in [0.717, 1.165) is 11.1 Å². The van der Waals surface area contributed by atoms with Crippen LogP contribution in [0, 0.1) is 4.77 Å². The fourth-order valence-electron chi connectivity index (χ4n) is 2.99. The zero-order valence-corrected chi connectivity index (χ0v) is 20.5. The number of benzene rings is 1. The first kappa shape index (κ1) is 24.5. The van der Waals surface area contributed by atoms with Crippen LogP contribution in [0.3, 0.4) is 0 Å². The Morgan fingerprint density at radius 2 is 1.91 bits per heavy atom. The van der Waals surface area contributed by atoms with Gasteiger partial charge >= 0.3 is 0 Å². The number of pyridine rings is 1. The summed E-state index contributed by atoms with van der Waals surface area (Å²) in [6.07, 6.45) is 3.37. The molecule has 0 bridgehead atoms. The summed E-state index contributed by atoms with van der Waals surface area (Å²) in [5.74, 6) is 1.28. The van der Waals surface area contributed by atoms with Crippen molar-refractivity contribution in [1.29, 1.82) is 0 Å². The number of amides is 1. The van der Waals surface area contributed by atoms with Crippen molar-refractivity contribution in [2.45, 2.75) is 39.8 Å². The Kier molecular flexibility index (Phi) is 7.93. The smallest absolute Gasteiger partial charge is 0.258 e. The molecule has 33 heavy (non-hydrogen) atoms. The summed E-state index contributed by atoms with van der Waals surface area (Å²) >= 11 is 11.9. The predicted molar refractivity (Wildman–Crippen MR) is 130 cm³/mol. The van der Waals surface area contributed by atoms with Crippen LogP contribution < -0.4 is 20.2 Å². The number of aromatic amines is 1. The van der Waals surface area contributed by atoms with Gasteiger partial charge in [-0.1, -0.05) is 11.6 Å². The molecule has 9 nitrogen and oxygen atoms in total. The maximum atomic E-state index is 12.1. The molecule has 0 saturated heterocycles. The topological polar surface area (TPSA) is 106 Å². The van der Waals surface area contributed by atoms with E-state index in [-0.39, 0.29) is 18.1 Å². The number of hydrogen-bond donors (Lipinski definition) is 3. The highest BCUT2D eigenvalue weighted by Crippen LogP contribution is 2.34. The van der Waals surface area contributed by atoms with Crippen LogP contribution in [0.5, 0.6) is 11.5 Å². The summed E-state index contributed by atoms with van der Waals surface area (Å²) in [6.45, 7) is 8.21. The molecular weight excluding hydrogens is 464 g/mol. The highest BCUT2D eigenvalue weighted by molar-refractivity contribution is 7.71. The molecule has 0 atom stereocenters. The number of H-pyrrole nitrogens is 1. The molecule has 3 N–H and O–H groups in total. The van der Waals surface area contributed by atoms with Crippen molar-refractivity contribution in [2.24, 2.45) is 0 Å². The van der Waals surface area contributed by atoms with Crippen LogP contribution in [-0.2, 0) is 11.3 Å². The van der Waals surface area contributed by atoms with E-state index in [9.17, 15) is 4.79 Å². The standard InChI is InChI=1S/C22H27ClN6O3S/c1-5-31-17-10-15(16(23)11-18(17)32-13-19(30)26-22(2,3)4)12-25-29-20(27-28-21(29)33)14-6-8-24-9-7-14/h6-11,25H,5,12-13H2,1-4H3,(H,26,30)(H,28,33). The van der Waals surface area contributed by atoms with Crippen molar-refractivity contribution in [3.8, 4) is 22.9 Å². The van der Waals surface area contributed by atoms with Gasteiger partial charge in [0.05, 0.1) is 13.2 Å². The number of rotatable bonds is 9. The van der Waals surface area contributed by atoms with Crippen molar-refractivity contribution in [2.75, 3.05) is 18.6 Å². The van der Waals surface area contributed by atoms with Crippen molar-refractivity contribution >= 4 is 29.7 Å². The number of carbonyl (C=O) groups is 1. The van der Waals surface area contributed by atoms with Crippen LogP contribution in [0.1, 0.15) is 33.3 Å². The Bertz CT molecular complexity index is 1160. The van der Waals surface area contributed by atoms with E-state index in [1.54, 1.807) is 29.2 Å². The first-order valence-corrected chi connectivity index (χ1v) is 11.2. The second-order valence-corrected chi connectivity index (χ2v) is 8.96. The molecule has 0 saturated carbocycles. The van der Waals surface area contributed by atoms with Gasteiger partial charge in [0.15, 0.2) is 23.9 Å². The van der Waals surface area contributed by atoms with E-state index >= 15 is 0 Å². The van der Waals surface area contributed by atoms with Crippen molar-refractivity contribution < 1.29 is 14.3 Å². The number of aromatic nitrogens is 4. The summed E-state index contributed by atoms with van der Waals surface area (Å²) in [5, 5.41) is 10.4. The Morgan fingerprint density at radius 1 is 1.21 bits per heavy atom. The molecule has 0 fully saturated rings. The molecule has 0 aliphatic rings. The summed E-state index contributed by atoms with van der Waals surface area (Å²) in [5.41, 5.74) is 4.50. The van der Waals surface area contributed by atoms with Gasteiger partial charge < -0.3 is 20.2 Å². The van der Waals surface area contributed by atoms with Crippen molar-refractivity contribution in [3.63, 3.8) is 0 Å². The average molecular weight is 491 g/mol. The summed E-state index contributed by atoms with van der Waals surface area (Å²) in [6, 6.07) is 7.11. The van der Waals surface area contributed by atoms with Gasteiger partial charge in [-0.25, -0.2) is 9.77 Å². The third-order valence-corrected chi connectivity index (χ3v) is 4.95. The van der Waals surface area contributed by atoms with Gasteiger partial charge in [0.25, 0.3) is 5.91 Å². The minimum Gasteiger partial charge on any atom is -0.490 e. The van der Waals surface area contributed by atoms with Crippen LogP contribution in [-0.4, -0.2) is 44.5 Å². The zero-order chi connectivity index (χ0) is 24.0. The van der Waals surface area contributed by atoms with Crippen LogP contribution in [0.2, 0.25) is 5.02 Å². The number of ether oxygens (including phenoxy) is 2. The molecule has 1 amide bonds. The Hall–Kier alpha value is -3.11. The van der Waals surface area contributed by atoms with Crippen LogP contribution >= 0.6 is 23.8 Å². The quantitative estimate of drug-likeness (QED) is 0.388. The van der Waals surface area contributed by atoms with Crippen LogP contribution in [0.25, 0.3) is 11.4 Å². The molecule has 0 spiro atoms. The van der Waals surface area contributed by atoms with E-state index in [1.165, 1.54) is 0 Å². The summed E-state index contributed by atoms with van der Waals surface area (Å²) in [7, 11) is 0. The van der Waals surface area contributed by atoms with E-state index in [0.29, 0.717) is 40.3 Å². The monoisotopic (exact) mass is 490 g/mol. The van der Waals surface area contributed by atoms with Gasteiger partial charge in [0.2, 0.25) is 4.77 Å². The fourth-order valence-corrected chi connectivity index (χ4v) is 3.41. The van der Waals surface area contributed by atoms with Gasteiger partial charge in [-0.3, -0.25) is 9.78 Å². The SMILES string of the molecule is CCOc1cc(CNn2c(-c3ccncc3)n[nH]c2=S)c(Cl)cc1OCC(=O)NC(C)(C)C. The second-order valence-electron chi connectivity index (χ2n) is 8.17. The van der Waals surface area contributed by atoms with E-state index in [4.69, 9.17) is 33.3 Å². The van der Waals surface area contributed by atoms with Crippen molar-refractivity contribution in [3.05, 3.63) is 52.0 Å². The molecular formula is C22H27ClN6O3S. The number of halogens is 1. The van der Waals surface area contributed by atoms with Crippen LogP contribution in [0.15, 0.2) is 36.7 Å². The number of hydrogen-bond acceptors (Lipinski definition) is 7. The molecule has 176 valence electrons.